The van der Waals surface area contributed by atoms with E-state index in [0.717, 1.165) is 18.2 Å². The van der Waals surface area contributed by atoms with Gasteiger partial charge in [0.1, 0.15) is 11.6 Å². The smallest absolute Gasteiger partial charge is 0.307 e. The Labute approximate surface area is 159 Å². The maximum Gasteiger partial charge on any atom is 0.307 e. The summed E-state index contributed by atoms with van der Waals surface area (Å²) in [5.74, 6) is 1.64. The van der Waals surface area contributed by atoms with Crippen molar-refractivity contribution >= 4 is 5.97 Å². The highest BCUT2D eigenvalue weighted by molar-refractivity contribution is 5.69. The molecule has 0 fully saturated rings. The molecule has 0 bridgehead atoms. The fraction of sp³-hybridized carbons (Fsp3) is 0.350. The van der Waals surface area contributed by atoms with E-state index < -0.39 is 0 Å². The summed E-state index contributed by atoms with van der Waals surface area (Å²) in [6.45, 7) is 4.92. The number of carbonyl (C=O) groups is 1. The van der Waals surface area contributed by atoms with E-state index in [4.69, 9.17) is 4.74 Å². The third kappa shape index (κ3) is 5.79. The number of rotatable bonds is 10. The van der Waals surface area contributed by atoms with Crippen LogP contribution < -0.4 is 0 Å². The van der Waals surface area contributed by atoms with Crippen molar-refractivity contribution < 1.29 is 9.53 Å². The highest BCUT2D eigenvalue weighted by atomic mass is 16.5. The largest absolute Gasteiger partial charge is 0.466 e. The standard InChI is InChI=1S/C20H25N5O2/c1-2-27-20(26)8-12-25-13-11-23-19(25)16-24(15-18-21-9-10-22-18)14-17-6-4-3-5-7-17/h3-7,9-11,13H,2,8,12,14-16H2,1H3,(H,21,22). The number of hydrogen-bond acceptors (Lipinski definition) is 5. The summed E-state index contributed by atoms with van der Waals surface area (Å²) < 4.78 is 7.03. The van der Waals surface area contributed by atoms with Crippen molar-refractivity contribution in [1.82, 2.24) is 24.4 Å². The molecule has 1 N–H and O–H groups in total. The number of imidazole rings is 2. The van der Waals surface area contributed by atoms with Crippen molar-refractivity contribution in [1.29, 1.82) is 0 Å². The molecule has 0 amide bonds. The maximum absolute atomic E-state index is 11.6. The summed E-state index contributed by atoms with van der Waals surface area (Å²) in [6.07, 6.45) is 7.61. The molecule has 3 aromatic rings. The van der Waals surface area contributed by atoms with Gasteiger partial charge in [-0.25, -0.2) is 9.97 Å². The monoisotopic (exact) mass is 367 g/mol. The number of nitrogens with zero attached hydrogens (tertiary/aromatic N) is 4. The lowest BCUT2D eigenvalue weighted by molar-refractivity contribution is -0.143. The van der Waals surface area contributed by atoms with E-state index in [1.54, 1.807) is 12.4 Å². The van der Waals surface area contributed by atoms with Crippen molar-refractivity contribution in [2.75, 3.05) is 6.61 Å². The summed E-state index contributed by atoms with van der Waals surface area (Å²) in [6, 6.07) is 10.3. The van der Waals surface area contributed by atoms with E-state index in [0.29, 0.717) is 32.7 Å². The summed E-state index contributed by atoms with van der Waals surface area (Å²) in [5, 5.41) is 0. The minimum atomic E-state index is -0.186. The summed E-state index contributed by atoms with van der Waals surface area (Å²) in [7, 11) is 0. The van der Waals surface area contributed by atoms with Crippen molar-refractivity contribution in [3.8, 4) is 0 Å². The molecule has 0 unspecified atom stereocenters. The van der Waals surface area contributed by atoms with E-state index in [-0.39, 0.29) is 5.97 Å². The second kappa shape index (κ2) is 9.68. The van der Waals surface area contributed by atoms with Gasteiger partial charge in [0.2, 0.25) is 0 Å². The molecule has 142 valence electrons. The summed E-state index contributed by atoms with van der Waals surface area (Å²) in [4.78, 5) is 25.9. The molecule has 1 aromatic carbocycles. The third-order valence-electron chi connectivity index (χ3n) is 4.21. The van der Waals surface area contributed by atoms with Gasteiger partial charge in [0.25, 0.3) is 0 Å². The Balaban J connectivity index is 1.68. The van der Waals surface area contributed by atoms with Crippen molar-refractivity contribution in [3.05, 3.63) is 72.3 Å². The van der Waals surface area contributed by atoms with E-state index >= 15 is 0 Å². The second-order valence-corrected chi connectivity index (χ2v) is 6.26. The van der Waals surface area contributed by atoms with Crippen LogP contribution in [0, 0.1) is 0 Å². The van der Waals surface area contributed by atoms with Crippen LogP contribution in [0.15, 0.2) is 55.1 Å². The van der Waals surface area contributed by atoms with Gasteiger partial charge in [-0.05, 0) is 12.5 Å². The number of esters is 1. The number of aryl methyl sites for hydroxylation is 1. The molecule has 7 heteroatoms. The maximum atomic E-state index is 11.6. The average molecular weight is 367 g/mol. The number of ether oxygens (including phenoxy) is 1. The zero-order valence-corrected chi connectivity index (χ0v) is 15.5. The SMILES string of the molecule is CCOC(=O)CCn1ccnc1CN(Cc1ccccc1)Cc1ncc[nH]1. The number of benzene rings is 1. The van der Waals surface area contributed by atoms with Crippen molar-refractivity contribution in [2.24, 2.45) is 0 Å². The Kier molecular flexibility index (Phi) is 6.76. The molecular weight excluding hydrogens is 342 g/mol. The first-order valence-corrected chi connectivity index (χ1v) is 9.14. The van der Waals surface area contributed by atoms with Crippen LogP contribution in [0.3, 0.4) is 0 Å². The van der Waals surface area contributed by atoms with Crippen LogP contribution in [0.1, 0.15) is 30.6 Å². The fourth-order valence-electron chi connectivity index (χ4n) is 2.95. The molecule has 0 aliphatic carbocycles. The van der Waals surface area contributed by atoms with Crippen molar-refractivity contribution in [3.63, 3.8) is 0 Å². The highest BCUT2D eigenvalue weighted by Gasteiger charge is 2.14. The van der Waals surface area contributed by atoms with Crippen LogP contribution in [0.25, 0.3) is 0 Å². The molecule has 0 saturated heterocycles. The zero-order valence-electron chi connectivity index (χ0n) is 15.5. The predicted octanol–water partition coefficient (Wildman–Crippen LogP) is 2.76. The minimum absolute atomic E-state index is 0.186. The number of aromatic nitrogens is 4. The first-order chi connectivity index (χ1) is 13.2. The molecule has 0 atom stereocenters. The molecule has 2 heterocycles. The number of carbonyl (C=O) groups excluding carboxylic acids is 1. The Morgan fingerprint density at radius 1 is 1.15 bits per heavy atom. The highest BCUT2D eigenvalue weighted by Crippen LogP contribution is 2.12. The lowest BCUT2D eigenvalue weighted by atomic mass is 10.2. The van der Waals surface area contributed by atoms with Gasteiger partial charge in [-0.3, -0.25) is 9.69 Å². The van der Waals surface area contributed by atoms with Gasteiger partial charge in [-0.2, -0.15) is 0 Å². The van der Waals surface area contributed by atoms with Crippen LogP contribution in [0.2, 0.25) is 0 Å². The Morgan fingerprint density at radius 2 is 2.00 bits per heavy atom. The molecule has 0 aliphatic heterocycles. The lowest BCUT2D eigenvalue weighted by Crippen LogP contribution is -2.25. The van der Waals surface area contributed by atoms with E-state index in [1.807, 2.05) is 42.1 Å². The number of hydrogen-bond donors (Lipinski definition) is 1. The Morgan fingerprint density at radius 3 is 2.74 bits per heavy atom. The minimum Gasteiger partial charge on any atom is -0.466 e. The summed E-state index contributed by atoms with van der Waals surface area (Å²) in [5.41, 5.74) is 1.23. The molecule has 0 aliphatic rings. The van der Waals surface area contributed by atoms with E-state index in [1.165, 1.54) is 5.56 Å². The molecule has 0 saturated carbocycles. The van der Waals surface area contributed by atoms with Gasteiger partial charge >= 0.3 is 5.97 Å². The average Bonchev–Trinajstić information content (AvgIpc) is 3.33. The van der Waals surface area contributed by atoms with Gasteiger partial charge in [-0.1, -0.05) is 30.3 Å². The van der Waals surface area contributed by atoms with Gasteiger partial charge < -0.3 is 14.3 Å². The summed E-state index contributed by atoms with van der Waals surface area (Å²) >= 11 is 0. The van der Waals surface area contributed by atoms with Gasteiger partial charge in [-0.15, -0.1) is 0 Å². The second-order valence-electron chi connectivity index (χ2n) is 6.26. The van der Waals surface area contributed by atoms with Gasteiger partial charge in [0.05, 0.1) is 26.1 Å². The Hall–Kier alpha value is -2.93. The molecule has 27 heavy (non-hydrogen) atoms. The van der Waals surface area contributed by atoms with Gasteiger partial charge in [0.15, 0.2) is 0 Å². The predicted molar refractivity (Wildman–Crippen MR) is 101 cm³/mol. The third-order valence-corrected chi connectivity index (χ3v) is 4.21. The molecule has 2 aromatic heterocycles. The zero-order chi connectivity index (χ0) is 18.9. The number of nitrogens with one attached hydrogen (secondary N) is 1. The van der Waals surface area contributed by atoms with Crippen LogP contribution in [0.5, 0.6) is 0 Å². The van der Waals surface area contributed by atoms with Crippen LogP contribution in [-0.4, -0.2) is 37.0 Å². The van der Waals surface area contributed by atoms with Gasteiger partial charge in [0, 0.05) is 37.9 Å². The Bertz CT molecular complexity index is 814. The quantitative estimate of drug-likeness (QED) is 0.558. The first-order valence-electron chi connectivity index (χ1n) is 9.14. The van der Waals surface area contributed by atoms with Crippen LogP contribution >= 0.6 is 0 Å². The molecule has 0 radical (unpaired) electrons. The lowest BCUT2D eigenvalue weighted by Gasteiger charge is -2.21. The number of aromatic amines is 1. The van der Waals surface area contributed by atoms with Crippen LogP contribution in [-0.2, 0) is 35.7 Å². The molecule has 3 rings (SSSR count). The molecule has 7 nitrogen and oxygen atoms in total. The van der Waals surface area contributed by atoms with Crippen molar-refractivity contribution in [2.45, 2.75) is 39.5 Å². The number of H-pyrrole nitrogens is 1. The normalized spacial score (nSPS) is 11.0. The first kappa shape index (κ1) is 18.8. The van der Waals surface area contributed by atoms with E-state index in [9.17, 15) is 4.79 Å². The van der Waals surface area contributed by atoms with Crippen LogP contribution in [0.4, 0.5) is 0 Å². The fourth-order valence-corrected chi connectivity index (χ4v) is 2.95. The molecule has 0 spiro atoms. The van der Waals surface area contributed by atoms with E-state index in [2.05, 4.69) is 32.0 Å². The molecular formula is C20H25N5O2. The topological polar surface area (TPSA) is 76.0 Å².